The molecule has 2 aliphatic rings. The van der Waals surface area contributed by atoms with E-state index < -0.39 is 0 Å². The molecule has 1 fully saturated rings. The van der Waals surface area contributed by atoms with Crippen LogP contribution in [0.2, 0.25) is 0 Å². The second kappa shape index (κ2) is 11.5. The van der Waals surface area contributed by atoms with Gasteiger partial charge in [0.1, 0.15) is 0 Å². The summed E-state index contributed by atoms with van der Waals surface area (Å²) in [7, 11) is 0. The molecule has 1 heterocycles. The van der Waals surface area contributed by atoms with Crippen LogP contribution in [0.4, 0.5) is 0 Å². The van der Waals surface area contributed by atoms with Crippen LogP contribution in [0.25, 0.3) is 0 Å². The molecule has 0 saturated carbocycles. The van der Waals surface area contributed by atoms with Gasteiger partial charge < -0.3 is 10.2 Å². The molecule has 0 aromatic heterocycles. The largest absolute Gasteiger partial charge is 0.339 e. The Labute approximate surface area is 187 Å². The molecule has 4 heteroatoms. The van der Waals surface area contributed by atoms with Crippen LogP contribution >= 0.6 is 12.4 Å². The van der Waals surface area contributed by atoms with Crippen molar-refractivity contribution in [3.8, 4) is 0 Å². The lowest BCUT2D eigenvalue weighted by molar-refractivity contribution is 0.0690. The number of likely N-dealkylation sites (tertiary alicyclic amines) is 1. The summed E-state index contributed by atoms with van der Waals surface area (Å²) in [5.74, 6) is 1.75. The highest BCUT2D eigenvalue weighted by Crippen LogP contribution is 2.28. The van der Waals surface area contributed by atoms with Crippen LogP contribution in [0, 0.1) is 11.8 Å². The molecule has 3 nitrogen and oxygen atoms in total. The van der Waals surface area contributed by atoms with Crippen molar-refractivity contribution < 1.29 is 4.79 Å². The van der Waals surface area contributed by atoms with E-state index in [1.807, 2.05) is 35.2 Å². The lowest BCUT2D eigenvalue weighted by atomic mass is 9.82. The lowest BCUT2D eigenvalue weighted by Crippen LogP contribution is -2.40. The Balaban J connectivity index is 0.00000256. The van der Waals surface area contributed by atoms with Crippen molar-refractivity contribution >= 4 is 18.3 Å². The third-order valence-electron chi connectivity index (χ3n) is 6.77. The minimum Gasteiger partial charge on any atom is -0.339 e. The number of rotatable bonds is 7. The highest BCUT2D eigenvalue weighted by Gasteiger charge is 2.23. The summed E-state index contributed by atoms with van der Waals surface area (Å²) in [6.07, 6.45) is 8.73. The smallest absolute Gasteiger partial charge is 0.253 e. The number of halogens is 1. The van der Waals surface area contributed by atoms with Gasteiger partial charge in [0.2, 0.25) is 0 Å². The van der Waals surface area contributed by atoms with Crippen LogP contribution in [0.5, 0.6) is 0 Å². The number of fused-ring (bicyclic) bond motifs is 1. The Morgan fingerprint density at radius 3 is 2.37 bits per heavy atom. The molecule has 1 saturated heterocycles. The molecular formula is C26H35ClN2O. The van der Waals surface area contributed by atoms with Crippen LogP contribution in [0.1, 0.15) is 53.6 Å². The van der Waals surface area contributed by atoms with E-state index in [4.69, 9.17) is 0 Å². The number of carbonyl (C=O) groups excluding carboxylic acids is 1. The summed E-state index contributed by atoms with van der Waals surface area (Å²) in [6.45, 7) is 4.01. The number of hydrogen-bond donors (Lipinski definition) is 1. The summed E-state index contributed by atoms with van der Waals surface area (Å²) in [5, 5.41) is 3.69. The molecule has 1 amide bonds. The molecule has 1 atom stereocenters. The average molecular weight is 427 g/mol. The number of aryl methyl sites for hydroxylation is 1. The number of hydrogen-bond acceptors (Lipinski definition) is 2. The maximum absolute atomic E-state index is 12.5. The Hall–Kier alpha value is -1.84. The van der Waals surface area contributed by atoms with E-state index in [-0.39, 0.29) is 18.3 Å². The Morgan fingerprint density at radius 1 is 0.900 bits per heavy atom. The third-order valence-corrected chi connectivity index (χ3v) is 6.77. The second-order valence-electron chi connectivity index (χ2n) is 8.83. The highest BCUT2D eigenvalue weighted by molar-refractivity contribution is 5.94. The minimum absolute atomic E-state index is 0. The van der Waals surface area contributed by atoms with Gasteiger partial charge in [-0.3, -0.25) is 4.79 Å². The predicted octanol–water partition coefficient (Wildman–Crippen LogP) is 5.14. The van der Waals surface area contributed by atoms with Crippen LogP contribution in [-0.4, -0.2) is 37.0 Å². The van der Waals surface area contributed by atoms with Gasteiger partial charge in [0.05, 0.1) is 0 Å². The first-order chi connectivity index (χ1) is 14.3. The molecular weight excluding hydrogens is 392 g/mol. The number of amides is 1. The van der Waals surface area contributed by atoms with Gasteiger partial charge in [0, 0.05) is 18.7 Å². The molecule has 1 unspecified atom stereocenters. The Morgan fingerprint density at radius 2 is 1.60 bits per heavy atom. The van der Waals surface area contributed by atoms with E-state index >= 15 is 0 Å². The van der Waals surface area contributed by atoms with E-state index in [0.29, 0.717) is 5.92 Å². The van der Waals surface area contributed by atoms with E-state index in [1.54, 1.807) is 11.1 Å². The molecule has 1 N–H and O–H groups in total. The van der Waals surface area contributed by atoms with Gasteiger partial charge in [-0.05, 0) is 93.1 Å². The normalized spacial score (nSPS) is 19.1. The summed E-state index contributed by atoms with van der Waals surface area (Å²) in [4.78, 5) is 14.6. The SMILES string of the molecule is Cl.O=C(c1ccccc1)N1CCC(CNCCCC2CCc3ccccc3C2)CC1. The lowest BCUT2D eigenvalue weighted by Gasteiger charge is -2.32. The molecule has 0 spiro atoms. The summed E-state index contributed by atoms with van der Waals surface area (Å²) < 4.78 is 0. The van der Waals surface area contributed by atoms with Gasteiger partial charge in [-0.1, -0.05) is 42.5 Å². The Kier molecular flexibility index (Phi) is 8.77. The van der Waals surface area contributed by atoms with Crippen molar-refractivity contribution in [2.45, 2.75) is 44.9 Å². The summed E-state index contributed by atoms with van der Waals surface area (Å²) >= 11 is 0. The number of benzene rings is 2. The fourth-order valence-electron chi connectivity index (χ4n) is 4.95. The maximum atomic E-state index is 12.5. The average Bonchev–Trinajstić information content (AvgIpc) is 2.79. The number of nitrogens with one attached hydrogen (secondary N) is 1. The molecule has 4 rings (SSSR count). The van der Waals surface area contributed by atoms with Crippen LogP contribution in [0.15, 0.2) is 54.6 Å². The van der Waals surface area contributed by atoms with Crippen molar-refractivity contribution in [1.82, 2.24) is 10.2 Å². The van der Waals surface area contributed by atoms with E-state index in [0.717, 1.165) is 50.5 Å². The quantitative estimate of drug-likeness (QED) is 0.622. The zero-order valence-electron chi connectivity index (χ0n) is 17.9. The molecule has 162 valence electrons. The van der Waals surface area contributed by atoms with Gasteiger partial charge in [-0.25, -0.2) is 0 Å². The van der Waals surface area contributed by atoms with Crippen molar-refractivity contribution in [1.29, 1.82) is 0 Å². The fourth-order valence-corrected chi connectivity index (χ4v) is 4.95. The van der Waals surface area contributed by atoms with Crippen molar-refractivity contribution in [2.24, 2.45) is 11.8 Å². The van der Waals surface area contributed by atoms with Gasteiger partial charge in [0.15, 0.2) is 0 Å². The van der Waals surface area contributed by atoms with Gasteiger partial charge in [-0.15, -0.1) is 12.4 Å². The molecule has 1 aliphatic heterocycles. The number of carbonyl (C=O) groups is 1. The minimum atomic E-state index is 0. The number of nitrogens with zero attached hydrogens (tertiary/aromatic N) is 1. The monoisotopic (exact) mass is 426 g/mol. The van der Waals surface area contributed by atoms with E-state index in [9.17, 15) is 4.79 Å². The van der Waals surface area contributed by atoms with Gasteiger partial charge in [-0.2, -0.15) is 0 Å². The van der Waals surface area contributed by atoms with E-state index in [1.165, 1.54) is 32.1 Å². The molecule has 2 aromatic rings. The molecule has 1 aliphatic carbocycles. The van der Waals surface area contributed by atoms with E-state index in [2.05, 4.69) is 29.6 Å². The first kappa shape index (κ1) is 22.8. The van der Waals surface area contributed by atoms with Gasteiger partial charge in [0.25, 0.3) is 5.91 Å². The second-order valence-corrected chi connectivity index (χ2v) is 8.83. The standard InChI is InChI=1S/C26H34N2O.ClH/c29-26(24-9-2-1-3-10-24)28-17-14-22(15-18-28)20-27-16-6-7-21-12-13-23-8-4-5-11-25(23)19-21;/h1-5,8-11,21-22,27H,6-7,12-20H2;1H. The molecule has 30 heavy (non-hydrogen) atoms. The topological polar surface area (TPSA) is 32.3 Å². The van der Waals surface area contributed by atoms with Gasteiger partial charge >= 0.3 is 0 Å². The summed E-state index contributed by atoms with van der Waals surface area (Å²) in [6, 6.07) is 18.6. The van der Waals surface area contributed by atoms with Crippen LogP contribution < -0.4 is 5.32 Å². The zero-order valence-corrected chi connectivity index (χ0v) is 18.7. The predicted molar refractivity (Wildman–Crippen MR) is 126 cm³/mol. The van der Waals surface area contributed by atoms with Crippen LogP contribution in [0.3, 0.4) is 0 Å². The van der Waals surface area contributed by atoms with Crippen molar-refractivity contribution in [2.75, 3.05) is 26.2 Å². The van der Waals surface area contributed by atoms with Crippen LogP contribution in [-0.2, 0) is 12.8 Å². The summed E-state index contributed by atoms with van der Waals surface area (Å²) in [5.41, 5.74) is 3.96. The van der Waals surface area contributed by atoms with Crippen molar-refractivity contribution in [3.63, 3.8) is 0 Å². The highest BCUT2D eigenvalue weighted by atomic mass is 35.5. The first-order valence-corrected chi connectivity index (χ1v) is 11.4. The van der Waals surface area contributed by atoms with Crippen molar-refractivity contribution in [3.05, 3.63) is 71.3 Å². The molecule has 2 aromatic carbocycles. The fraction of sp³-hybridized carbons (Fsp3) is 0.500. The first-order valence-electron chi connectivity index (χ1n) is 11.4. The molecule has 0 bridgehead atoms. The maximum Gasteiger partial charge on any atom is 0.253 e. The zero-order chi connectivity index (χ0) is 19.9. The Bertz CT molecular complexity index is 787. The molecule has 0 radical (unpaired) electrons. The third kappa shape index (κ3) is 6.09. The number of piperidine rings is 1.